The largest absolute Gasteiger partial charge is 0.212 e. The van der Waals surface area contributed by atoms with E-state index in [1.54, 1.807) is 0 Å². The first-order valence-electron chi connectivity index (χ1n) is 6.59. The smallest absolute Gasteiger partial charge is 0.211 e. The minimum Gasteiger partial charge on any atom is -0.212 e. The second kappa shape index (κ2) is 6.68. The van der Waals surface area contributed by atoms with Gasteiger partial charge in [0.25, 0.3) is 0 Å². The fourth-order valence-electron chi connectivity index (χ4n) is 2.05. The summed E-state index contributed by atoms with van der Waals surface area (Å²) in [5, 5.41) is 0. The lowest BCUT2D eigenvalue weighted by molar-refractivity contribution is 0.413. The average Bonchev–Trinajstić information content (AvgIpc) is 2.44. The lowest BCUT2D eigenvalue weighted by Gasteiger charge is -2.20. The van der Waals surface area contributed by atoms with E-state index in [0.717, 1.165) is 17.5 Å². The van der Waals surface area contributed by atoms with Crippen molar-refractivity contribution in [1.29, 1.82) is 0 Å². The van der Waals surface area contributed by atoms with E-state index in [4.69, 9.17) is 0 Å². The van der Waals surface area contributed by atoms with E-state index in [0.29, 0.717) is 13.1 Å². The number of sulfonamides is 1. The molecule has 2 aromatic carbocycles. The molecule has 0 atom stereocenters. The van der Waals surface area contributed by atoms with Gasteiger partial charge in [0.15, 0.2) is 0 Å². The molecule has 0 N–H and O–H groups in total. The van der Waals surface area contributed by atoms with Crippen molar-refractivity contribution in [3.63, 3.8) is 0 Å². The van der Waals surface area contributed by atoms with Gasteiger partial charge in [-0.15, -0.1) is 0 Å². The first kappa shape index (κ1) is 14.8. The van der Waals surface area contributed by atoms with E-state index < -0.39 is 10.0 Å². The molecule has 0 saturated carbocycles. The Bertz CT molecular complexity index is 624. The quantitative estimate of drug-likeness (QED) is 0.820. The normalized spacial score (nSPS) is 11.7. The zero-order chi connectivity index (χ0) is 14.4. The minimum atomic E-state index is -3.20. The Hall–Kier alpha value is -1.65. The Morgan fingerprint density at radius 3 is 1.85 bits per heavy atom. The van der Waals surface area contributed by atoms with Crippen molar-refractivity contribution < 1.29 is 8.42 Å². The SMILES string of the molecule is CS(=O)(=O)N(CCc1ccccc1)Cc1ccccc1. The molecule has 0 bridgehead atoms. The molecule has 0 aliphatic heterocycles. The highest BCUT2D eigenvalue weighted by atomic mass is 32.2. The van der Waals surface area contributed by atoms with Crippen LogP contribution in [-0.2, 0) is 23.0 Å². The van der Waals surface area contributed by atoms with Crippen molar-refractivity contribution in [2.75, 3.05) is 12.8 Å². The molecule has 3 nitrogen and oxygen atoms in total. The maximum Gasteiger partial charge on any atom is 0.211 e. The fourth-order valence-corrected chi connectivity index (χ4v) is 2.85. The van der Waals surface area contributed by atoms with E-state index in [1.165, 1.54) is 10.6 Å². The highest BCUT2D eigenvalue weighted by Gasteiger charge is 2.16. The number of hydrogen-bond acceptors (Lipinski definition) is 2. The van der Waals surface area contributed by atoms with Gasteiger partial charge in [0.1, 0.15) is 0 Å². The fraction of sp³-hybridized carbons (Fsp3) is 0.250. The topological polar surface area (TPSA) is 37.4 Å². The van der Waals surface area contributed by atoms with Gasteiger partial charge in [-0.25, -0.2) is 8.42 Å². The number of benzene rings is 2. The van der Waals surface area contributed by atoms with Gasteiger partial charge in [-0.2, -0.15) is 4.31 Å². The summed E-state index contributed by atoms with van der Waals surface area (Å²) in [5.41, 5.74) is 2.15. The molecular formula is C16H19NO2S. The Kier molecular flexibility index (Phi) is 4.93. The van der Waals surface area contributed by atoms with Gasteiger partial charge in [0, 0.05) is 13.1 Å². The molecule has 0 aliphatic carbocycles. The molecule has 0 fully saturated rings. The molecule has 20 heavy (non-hydrogen) atoms. The monoisotopic (exact) mass is 289 g/mol. The minimum absolute atomic E-state index is 0.423. The van der Waals surface area contributed by atoms with E-state index in [1.807, 2.05) is 60.7 Å². The van der Waals surface area contributed by atoms with Gasteiger partial charge >= 0.3 is 0 Å². The van der Waals surface area contributed by atoms with Gasteiger partial charge in [0.2, 0.25) is 10.0 Å². The molecule has 0 unspecified atom stereocenters. The second-order valence-electron chi connectivity index (χ2n) is 4.82. The van der Waals surface area contributed by atoms with Gasteiger partial charge in [-0.3, -0.25) is 0 Å². The summed E-state index contributed by atoms with van der Waals surface area (Å²) in [7, 11) is -3.20. The van der Waals surface area contributed by atoms with Crippen molar-refractivity contribution in [2.45, 2.75) is 13.0 Å². The Balaban J connectivity index is 2.05. The summed E-state index contributed by atoms with van der Waals surface area (Å²) in [5.74, 6) is 0. The van der Waals surface area contributed by atoms with E-state index >= 15 is 0 Å². The molecular weight excluding hydrogens is 270 g/mol. The van der Waals surface area contributed by atoms with E-state index in [9.17, 15) is 8.42 Å². The first-order valence-corrected chi connectivity index (χ1v) is 8.43. The van der Waals surface area contributed by atoms with Crippen LogP contribution in [0, 0.1) is 0 Å². The average molecular weight is 289 g/mol. The van der Waals surface area contributed by atoms with Crippen LogP contribution >= 0.6 is 0 Å². The predicted octanol–water partition coefficient (Wildman–Crippen LogP) is 2.69. The van der Waals surface area contributed by atoms with Crippen molar-refractivity contribution >= 4 is 10.0 Å². The van der Waals surface area contributed by atoms with Crippen LogP contribution < -0.4 is 0 Å². The standard InChI is InChI=1S/C16H19NO2S/c1-20(18,19)17(14-16-10-6-3-7-11-16)13-12-15-8-4-2-5-9-15/h2-11H,12-14H2,1H3. The van der Waals surface area contributed by atoms with Crippen LogP contribution in [0.15, 0.2) is 60.7 Å². The van der Waals surface area contributed by atoms with Crippen LogP contribution in [0.2, 0.25) is 0 Å². The summed E-state index contributed by atoms with van der Waals surface area (Å²) < 4.78 is 25.3. The second-order valence-corrected chi connectivity index (χ2v) is 6.80. The van der Waals surface area contributed by atoms with Gasteiger partial charge in [-0.05, 0) is 17.5 Å². The first-order chi connectivity index (χ1) is 9.55. The summed E-state index contributed by atoms with van der Waals surface area (Å²) in [6.07, 6.45) is 1.99. The van der Waals surface area contributed by atoms with Crippen molar-refractivity contribution in [1.82, 2.24) is 4.31 Å². The van der Waals surface area contributed by atoms with Crippen LogP contribution in [0.5, 0.6) is 0 Å². The summed E-state index contributed by atoms with van der Waals surface area (Å²) in [6.45, 7) is 0.921. The number of rotatable bonds is 6. The third-order valence-electron chi connectivity index (χ3n) is 3.16. The van der Waals surface area contributed by atoms with Crippen molar-refractivity contribution in [3.8, 4) is 0 Å². The highest BCUT2D eigenvalue weighted by Crippen LogP contribution is 2.10. The molecule has 2 rings (SSSR count). The van der Waals surface area contributed by atoms with Crippen molar-refractivity contribution in [2.24, 2.45) is 0 Å². The predicted molar refractivity (Wildman–Crippen MR) is 81.8 cm³/mol. The molecule has 4 heteroatoms. The molecule has 0 amide bonds. The molecule has 0 aromatic heterocycles. The maximum atomic E-state index is 11.9. The summed E-state index contributed by atoms with van der Waals surface area (Å²) >= 11 is 0. The Labute approximate surface area is 120 Å². The van der Waals surface area contributed by atoms with Gasteiger partial charge in [-0.1, -0.05) is 60.7 Å². The van der Waals surface area contributed by atoms with Crippen LogP contribution in [0.25, 0.3) is 0 Å². The summed E-state index contributed by atoms with van der Waals surface area (Å²) in [4.78, 5) is 0. The molecule has 0 spiro atoms. The van der Waals surface area contributed by atoms with E-state index in [-0.39, 0.29) is 0 Å². The molecule has 2 aromatic rings. The number of nitrogens with zero attached hydrogens (tertiary/aromatic N) is 1. The molecule has 0 saturated heterocycles. The molecule has 0 aliphatic rings. The van der Waals surface area contributed by atoms with Gasteiger partial charge < -0.3 is 0 Å². The van der Waals surface area contributed by atoms with Crippen LogP contribution in [0.4, 0.5) is 0 Å². The maximum absolute atomic E-state index is 11.9. The van der Waals surface area contributed by atoms with Crippen molar-refractivity contribution in [3.05, 3.63) is 71.8 Å². The summed E-state index contributed by atoms with van der Waals surface area (Å²) in [6, 6.07) is 19.6. The zero-order valence-corrected chi connectivity index (χ0v) is 12.4. The third kappa shape index (κ3) is 4.47. The molecule has 0 radical (unpaired) electrons. The van der Waals surface area contributed by atoms with Gasteiger partial charge in [0.05, 0.1) is 6.26 Å². The van der Waals surface area contributed by atoms with Crippen LogP contribution in [0.1, 0.15) is 11.1 Å². The third-order valence-corrected chi connectivity index (χ3v) is 4.41. The zero-order valence-electron chi connectivity index (χ0n) is 11.6. The van der Waals surface area contributed by atoms with E-state index in [2.05, 4.69) is 0 Å². The lowest BCUT2D eigenvalue weighted by atomic mass is 10.1. The Morgan fingerprint density at radius 2 is 1.35 bits per heavy atom. The van der Waals surface area contributed by atoms with Crippen LogP contribution in [0.3, 0.4) is 0 Å². The Morgan fingerprint density at radius 1 is 0.850 bits per heavy atom. The molecule has 106 valence electrons. The molecule has 0 heterocycles. The van der Waals surface area contributed by atoms with Crippen LogP contribution in [-0.4, -0.2) is 25.5 Å². The lowest BCUT2D eigenvalue weighted by Crippen LogP contribution is -2.31. The number of hydrogen-bond donors (Lipinski definition) is 0. The highest BCUT2D eigenvalue weighted by molar-refractivity contribution is 7.88.